The number of rotatable bonds is 5. The SMILES string of the molecule is Cc1nn(C)cc1CN(CC(C)O)C(C)C. The summed E-state index contributed by atoms with van der Waals surface area (Å²) in [6, 6.07) is 0.425. The number of nitrogens with zero attached hydrogens (tertiary/aromatic N) is 3. The third kappa shape index (κ3) is 3.61. The van der Waals surface area contributed by atoms with Crippen LogP contribution in [-0.2, 0) is 13.6 Å². The van der Waals surface area contributed by atoms with Gasteiger partial charge in [-0.1, -0.05) is 0 Å². The maximum Gasteiger partial charge on any atom is 0.0639 e. The van der Waals surface area contributed by atoms with Crippen LogP contribution in [0, 0.1) is 6.92 Å². The Kier molecular flexibility index (Phi) is 4.50. The zero-order chi connectivity index (χ0) is 12.3. The van der Waals surface area contributed by atoms with Crippen molar-refractivity contribution in [2.24, 2.45) is 7.05 Å². The molecule has 0 saturated carbocycles. The molecule has 0 aliphatic heterocycles. The summed E-state index contributed by atoms with van der Waals surface area (Å²) in [6.07, 6.45) is 1.76. The van der Waals surface area contributed by atoms with Crippen LogP contribution >= 0.6 is 0 Å². The average molecular weight is 225 g/mol. The van der Waals surface area contributed by atoms with Gasteiger partial charge in [-0.25, -0.2) is 0 Å². The summed E-state index contributed by atoms with van der Waals surface area (Å²) in [5.41, 5.74) is 2.30. The van der Waals surface area contributed by atoms with Gasteiger partial charge in [-0.15, -0.1) is 0 Å². The zero-order valence-electron chi connectivity index (χ0n) is 10.9. The number of aromatic nitrogens is 2. The van der Waals surface area contributed by atoms with Gasteiger partial charge in [0.2, 0.25) is 0 Å². The number of aliphatic hydroxyl groups is 1. The second-order valence-corrected chi connectivity index (χ2v) is 4.79. The van der Waals surface area contributed by atoms with Crippen LogP contribution in [0.5, 0.6) is 0 Å². The quantitative estimate of drug-likeness (QED) is 0.821. The summed E-state index contributed by atoms with van der Waals surface area (Å²) in [5.74, 6) is 0. The normalized spacial score (nSPS) is 13.8. The summed E-state index contributed by atoms with van der Waals surface area (Å²) < 4.78 is 1.84. The predicted molar refractivity (Wildman–Crippen MR) is 65.2 cm³/mol. The van der Waals surface area contributed by atoms with Crippen LogP contribution in [0.1, 0.15) is 32.0 Å². The molecule has 0 spiro atoms. The average Bonchev–Trinajstić information content (AvgIpc) is 2.43. The van der Waals surface area contributed by atoms with Crippen molar-refractivity contribution in [1.82, 2.24) is 14.7 Å². The Bertz CT molecular complexity index is 331. The van der Waals surface area contributed by atoms with Crippen molar-refractivity contribution < 1.29 is 5.11 Å². The molecular weight excluding hydrogens is 202 g/mol. The highest BCUT2D eigenvalue weighted by Gasteiger charge is 2.14. The molecule has 0 saturated heterocycles. The van der Waals surface area contributed by atoms with Gasteiger partial charge in [0.05, 0.1) is 11.8 Å². The van der Waals surface area contributed by atoms with E-state index in [1.165, 1.54) is 5.56 Å². The molecule has 4 nitrogen and oxygen atoms in total. The van der Waals surface area contributed by atoms with E-state index in [9.17, 15) is 5.11 Å². The Morgan fingerprint density at radius 1 is 1.44 bits per heavy atom. The Hall–Kier alpha value is -0.870. The van der Waals surface area contributed by atoms with Crippen molar-refractivity contribution in [2.45, 2.75) is 46.4 Å². The lowest BCUT2D eigenvalue weighted by Crippen LogP contribution is -2.36. The lowest BCUT2D eigenvalue weighted by atomic mass is 10.2. The third-order valence-electron chi connectivity index (χ3n) is 2.72. The molecule has 4 heteroatoms. The summed E-state index contributed by atoms with van der Waals surface area (Å²) in [4.78, 5) is 2.26. The molecule has 0 fully saturated rings. The highest BCUT2D eigenvalue weighted by atomic mass is 16.3. The molecule has 1 aromatic heterocycles. The largest absolute Gasteiger partial charge is 0.392 e. The molecule has 1 heterocycles. The monoisotopic (exact) mass is 225 g/mol. The molecule has 0 aliphatic rings. The van der Waals surface area contributed by atoms with Gasteiger partial charge in [-0.05, 0) is 27.7 Å². The van der Waals surface area contributed by atoms with Crippen LogP contribution in [0.4, 0.5) is 0 Å². The summed E-state index contributed by atoms with van der Waals surface area (Å²) >= 11 is 0. The molecule has 16 heavy (non-hydrogen) atoms. The van der Waals surface area contributed by atoms with E-state index < -0.39 is 0 Å². The van der Waals surface area contributed by atoms with E-state index in [0.717, 1.165) is 12.2 Å². The number of aryl methyl sites for hydroxylation is 2. The first-order valence-electron chi connectivity index (χ1n) is 5.81. The molecule has 0 aromatic carbocycles. The van der Waals surface area contributed by atoms with Crippen molar-refractivity contribution in [1.29, 1.82) is 0 Å². The summed E-state index contributed by atoms with van der Waals surface area (Å²) in [5, 5.41) is 13.8. The third-order valence-corrected chi connectivity index (χ3v) is 2.72. The Balaban J connectivity index is 2.71. The van der Waals surface area contributed by atoms with Crippen molar-refractivity contribution >= 4 is 0 Å². The van der Waals surface area contributed by atoms with Crippen LogP contribution in [-0.4, -0.2) is 38.5 Å². The maximum atomic E-state index is 9.46. The maximum absolute atomic E-state index is 9.46. The fourth-order valence-electron chi connectivity index (χ4n) is 1.82. The molecule has 1 rings (SSSR count). The van der Waals surface area contributed by atoms with Gasteiger partial charge in [0.25, 0.3) is 0 Å². The first-order valence-corrected chi connectivity index (χ1v) is 5.81. The van der Waals surface area contributed by atoms with Crippen LogP contribution in [0.15, 0.2) is 6.20 Å². The van der Waals surface area contributed by atoms with Crippen molar-refractivity contribution in [3.05, 3.63) is 17.5 Å². The minimum Gasteiger partial charge on any atom is -0.392 e. The molecule has 1 atom stereocenters. The van der Waals surface area contributed by atoms with Gasteiger partial charge in [0.1, 0.15) is 0 Å². The Morgan fingerprint density at radius 2 is 2.06 bits per heavy atom. The highest BCUT2D eigenvalue weighted by molar-refractivity contribution is 5.15. The van der Waals surface area contributed by atoms with E-state index in [4.69, 9.17) is 0 Å². The summed E-state index contributed by atoms with van der Waals surface area (Å²) in [6.45, 7) is 9.69. The van der Waals surface area contributed by atoms with Gasteiger partial charge in [-0.3, -0.25) is 9.58 Å². The lowest BCUT2D eigenvalue weighted by Gasteiger charge is -2.27. The van der Waals surface area contributed by atoms with E-state index in [1.807, 2.05) is 31.8 Å². The number of hydrogen-bond donors (Lipinski definition) is 1. The minimum absolute atomic E-state index is 0.292. The van der Waals surface area contributed by atoms with Crippen molar-refractivity contribution in [2.75, 3.05) is 6.54 Å². The van der Waals surface area contributed by atoms with Crippen LogP contribution < -0.4 is 0 Å². The predicted octanol–water partition coefficient (Wildman–Crippen LogP) is 1.32. The van der Waals surface area contributed by atoms with Crippen molar-refractivity contribution in [3.8, 4) is 0 Å². The second kappa shape index (κ2) is 5.46. The van der Waals surface area contributed by atoms with Gasteiger partial charge in [0.15, 0.2) is 0 Å². The first-order chi connectivity index (χ1) is 7.40. The Morgan fingerprint density at radius 3 is 2.44 bits per heavy atom. The van der Waals surface area contributed by atoms with E-state index in [-0.39, 0.29) is 6.10 Å². The van der Waals surface area contributed by atoms with Crippen molar-refractivity contribution in [3.63, 3.8) is 0 Å². The van der Waals surface area contributed by atoms with Gasteiger partial charge < -0.3 is 5.11 Å². The van der Waals surface area contributed by atoms with E-state index in [0.29, 0.717) is 12.6 Å². The molecule has 0 amide bonds. The van der Waals surface area contributed by atoms with Gasteiger partial charge in [-0.2, -0.15) is 5.10 Å². The Labute approximate surface area is 97.9 Å². The van der Waals surface area contributed by atoms with Crippen LogP contribution in [0.3, 0.4) is 0 Å². The fourth-order valence-corrected chi connectivity index (χ4v) is 1.82. The molecule has 0 radical (unpaired) electrons. The van der Waals surface area contributed by atoms with Crippen LogP contribution in [0.2, 0.25) is 0 Å². The minimum atomic E-state index is -0.292. The van der Waals surface area contributed by atoms with Gasteiger partial charge in [0, 0.05) is 37.9 Å². The fraction of sp³-hybridized carbons (Fsp3) is 0.750. The number of aliphatic hydroxyl groups excluding tert-OH is 1. The standard InChI is InChI=1S/C12H23N3O/c1-9(2)15(6-10(3)16)8-12-7-14(5)13-11(12)4/h7,9-10,16H,6,8H2,1-5H3. The smallest absolute Gasteiger partial charge is 0.0639 e. The molecule has 1 N–H and O–H groups in total. The molecule has 0 bridgehead atoms. The van der Waals surface area contributed by atoms with Crippen LogP contribution in [0.25, 0.3) is 0 Å². The van der Waals surface area contributed by atoms with E-state index in [1.54, 1.807) is 0 Å². The van der Waals surface area contributed by atoms with E-state index in [2.05, 4.69) is 23.8 Å². The topological polar surface area (TPSA) is 41.3 Å². The molecule has 92 valence electrons. The molecule has 1 unspecified atom stereocenters. The van der Waals surface area contributed by atoms with E-state index >= 15 is 0 Å². The molecule has 1 aromatic rings. The zero-order valence-corrected chi connectivity index (χ0v) is 10.9. The number of hydrogen-bond acceptors (Lipinski definition) is 3. The first kappa shape index (κ1) is 13.2. The summed E-state index contributed by atoms with van der Waals surface area (Å²) in [7, 11) is 1.94. The molecular formula is C12H23N3O. The lowest BCUT2D eigenvalue weighted by molar-refractivity contribution is 0.102. The van der Waals surface area contributed by atoms with Gasteiger partial charge >= 0.3 is 0 Å². The molecule has 0 aliphatic carbocycles. The highest BCUT2D eigenvalue weighted by Crippen LogP contribution is 2.11. The second-order valence-electron chi connectivity index (χ2n) is 4.79.